The van der Waals surface area contributed by atoms with Crippen molar-refractivity contribution in [3.8, 4) is 0 Å². The number of rotatable bonds is 7. The van der Waals surface area contributed by atoms with Gasteiger partial charge in [-0.25, -0.2) is 4.79 Å². The zero-order valence-corrected chi connectivity index (χ0v) is 17.0. The van der Waals surface area contributed by atoms with Crippen LogP contribution in [0.25, 0.3) is 0 Å². The summed E-state index contributed by atoms with van der Waals surface area (Å²) in [5.41, 5.74) is 1.65. The zero-order chi connectivity index (χ0) is 19.7. The number of aromatic nitrogens is 1. The predicted molar refractivity (Wildman–Crippen MR) is 109 cm³/mol. The second-order valence-electron chi connectivity index (χ2n) is 6.60. The first-order chi connectivity index (χ1) is 13.6. The third-order valence-electron chi connectivity index (χ3n) is 4.93. The Balaban J connectivity index is 1.71. The van der Waals surface area contributed by atoms with Gasteiger partial charge in [-0.1, -0.05) is 12.1 Å². The highest BCUT2D eigenvalue weighted by molar-refractivity contribution is 7.12. The summed E-state index contributed by atoms with van der Waals surface area (Å²) in [5.74, 6) is -0.571. The molecule has 4 heterocycles. The molecule has 0 spiro atoms. The van der Waals surface area contributed by atoms with Crippen molar-refractivity contribution < 1.29 is 19.1 Å². The molecule has 0 saturated heterocycles. The van der Waals surface area contributed by atoms with E-state index in [9.17, 15) is 14.4 Å². The minimum absolute atomic E-state index is 0.0654. The Kier molecular flexibility index (Phi) is 5.28. The lowest BCUT2D eigenvalue weighted by Gasteiger charge is -2.11. The number of esters is 1. The van der Waals surface area contributed by atoms with Crippen LogP contribution in [0.3, 0.4) is 0 Å². The molecule has 1 aliphatic rings. The van der Waals surface area contributed by atoms with Crippen LogP contribution in [0.5, 0.6) is 0 Å². The van der Waals surface area contributed by atoms with Crippen molar-refractivity contribution in [2.45, 2.75) is 32.2 Å². The van der Waals surface area contributed by atoms with E-state index >= 15 is 0 Å². The summed E-state index contributed by atoms with van der Waals surface area (Å²) in [4.78, 5) is 39.5. The first-order valence-electron chi connectivity index (χ1n) is 9.15. The molecule has 144 valence electrons. The monoisotopic (exact) mass is 413 g/mol. The van der Waals surface area contributed by atoms with Crippen LogP contribution in [0.4, 0.5) is 0 Å². The maximum atomic E-state index is 12.9. The molecule has 0 saturated carbocycles. The highest BCUT2D eigenvalue weighted by atomic mass is 32.1. The summed E-state index contributed by atoms with van der Waals surface area (Å²) in [6, 6.07) is 8.93. The molecule has 0 N–H and O–H groups in total. The molecule has 1 atom stereocenters. The minimum atomic E-state index is -0.438. The number of carbonyl (C=O) groups excluding carboxylic acids is 3. The van der Waals surface area contributed by atoms with Crippen molar-refractivity contribution in [2.75, 3.05) is 6.61 Å². The summed E-state index contributed by atoms with van der Waals surface area (Å²) in [6.07, 6.45) is 1.05. The molecular weight excluding hydrogens is 394 g/mol. The molecular formula is C21H19NO4S2. The Morgan fingerprint density at radius 1 is 1.14 bits per heavy atom. The van der Waals surface area contributed by atoms with E-state index in [1.807, 2.05) is 33.5 Å². The largest absolute Gasteiger partial charge is 0.462 e. The number of carbonyl (C=O) groups is 3. The molecule has 1 unspecified atom stereocenters. The maximum Gasteiger partial charge on any atom is 0.339 e. The van der Waals surface area contributed by atoms with Gasteiger partial charge in [-0.05, 0) is 42.3 Å². The van der Waals surface area contributed by atoms with Crippen molar-refractivity contribution in [3.05, 3.63) is 67.8 Å². The van der Waals surface area contributed by atoms with Crippen LogP contribution in [0, 0.1) is 0 Å². The lowest BCUT2D eigenvalue weighted by Crippen LogP contribution is -2.11. The first kappa shape index (κ1) is 18.8. The van der Waals surface area contributed by atoms with Crippen molar-refractivity contribution in [1.82, 2.24) is 4.57 Å². The van der Waals surface area contributed by atoms with E-state index < -0.39 is 5.97 Å². The lowest BCUT2D eigenvalue weighted by molar-refractivity contribution is 0.0524. The number of fused-ring (bicyclic) bond motifs is 1. The number of ether oxygens (including phenoxy) is 1. The van der Waals surface area contributed by atoms with Crippen LogP contribution in [0.2, 0.25) is 0 Å². The number of thiophene rings is 2. The van der Waals surface area contributed by atoms with Crippen LogP contribution in [0.1, 0.15) is 66.8 Å². The van der Waals surface area contributed by atoms with Gasteiger partial charge in [0.1, 0.15) is 0 Å². The third kappa shape index (κ3) is 3.36. The Hall–Kier alpha value is -2.51. The molecule has 4 rings (SSSR count). The van der Waals surface area contributed by atoms with Gasteiger partial charge in [0, 0.05) is 24.6 Å². The van der Waals surface area contributed by atoms with Gasteiger partial charge in [0.2, 0.25) is 5.78 Å². The highest BCUT2D eigenvalue weighted by Gasteiger charge is 2.35. The van der Waals surface area contributed by atoms with Crippen LogP contribution in [-0.4, -0.2) is 28.7 Å². The van der Waals surface area contributed by atoms with Gasteiger partial charge in [-0.3, -0.25) is 9.59 Å². The van der Waals surface area contributed by atoms with E-state index in [-0.39, 0.29) is 24.1 Å². The van der Waals surface area contributed by atoms with E-state index in [0.717, 1.165) is 17.0 Å². The van der Waals surface area contributed by atoms with Crippen molar-refractivity contribution in [2.24, 2.45) is 0 Å². The van der Waals surface area contributed by atoms with Gasteiger partial charge in [0.05, 0.1) is 27.6 Å². The molecule has 0 aliphatic carbocycles. The van der Waals surface area contributed by atoms with Crippen LogP contribution >= 0.6 is 22.7 Å². The fourth-order valence-corrected chi connectivity index (χ4v) is 5.07. The molecule has 0 bridgehead atoms. The standard InChI is InChI=1S/C21H19NO4S2/c1-2-26-21(25)14-12-15(20(24)18-6-4-10-28-18)22-8-7-13(19(14)22)11-16(23)17-5-3-9-27-17/h3-6,9-10,12-13H,2,7-8,11H2,1H3. The molecule has 7 heteroatoms. The molecule has 28 heavy (non-hydrogen) atoms. The smallest absolute Gasteiger partial charge is 0.339 e. The van der Waals surface area contributed by atoms with Gasteiger partial charge in [0.25, 0.3) is 0 Å². The molecule has 5 nitrogen and oxygen atoms in total. The highest BCUT2D eigenvalue weighted by Crippen LogP contribution is 2.38. The van der Waals surface area contributed by atoms with Gasteiger partial charge < -0.3 is 9.30 Å². The van der Waals surface area contributed by atoms with E-state index in [1.54, 1.807) is 19.1 Å². The van der Waals surface area contributed by atoms with E-state index in [2.05, 4.69) is 0 Å². The third-order valence-corrected chi connectivity index (χ3v) is 6.71. The van der Waals surface area contributed by atoms with E-state index in [4.69, 9.17) is 4.74 Å². The second-order valence-corrected chi connectivity index (χ2v) is 8.49. The maximum absolute atomic E-state index is 12.9. The normalized spacial score (nSPS) is 15.4. The molecule has 0 radical (unpaired) electrons. The molecule has 3 aromatic heterocycles. The molecule has 1 aliphatic heterocycles. The average molecular weight is 414 g/mol. The number of nitrogens with zero attached hydrogens (tertiary/aromatic N) is 1. The Labute approximate surface area is 170 Å². The fourth-order valence-electron chi connectivity index (χ4n) is 3.72. The quantitative estimate of drug-likeness (QED) is 0.413. The van der Waals surface area contributed by atoms with Crippen LogP contribution in [-0.2, 0) is 11.3 Å². The Bertz CT molecular complexity index is 1020. The van der Waals surface area contributed by atoms with Crippen molar-refractivity contribution in [3.63, 3.8) is 0 Å². The molecule has 0 amide bonds. The molecule has 3 aromatic rings. The topological polar surface area (TPSA) is 65.4 Å². The number of hydrogen-bond acceptors (Lipinski definition) is 6. The van der Waals surface area contributed by atoms with Gasteiger partial charge in [-0.2, -0.15) is 0 Å². The predicted octanol–water partition coefficient (Wildman–Crippen LogP) is 4.78. The SMILES string of the molecule is CCOC(=O)c1cc(C(=O)c2cccs2)n2c1C(CC(=O)c1cccs1)CC2. The summed E-state index contributed by atoms with van der Waals surface area (Å²) in [6.45, 7) is 2.63. The van der Waals surface area contributed by atoms with Crippen molar-refractivity contribution in [1.29, 1.82) is 0 Å². The van der Waals surface area contributed by atoms with E-state index in [1.165, 1.54) is 22.7 Å². The zero-order valence-electron chi connectivity index (χ0n) is 15.3. The lowest BCUT2D eigenvalue weighted by atomic mass is 9.94. The van der Waals surface area contributed by atoms with E-state index in [0.29, 0.717) is 29.1 Å². The number of ketones is 2. The Morgan fingerprint density at radius 3 is 2.50 bits per heavy atom. The summed E-state index contributed by atoms with van der Waals surface area (Å²) in [7, 11) is 0. The van der Waals surface area contributed by atoms with Gasteiger partial charge in [-0.15, -0.1) is 22.7 Å². The number of hydrogen-bond donors (Lipinski definition) is 0. The van der Waals surface area contributed by atoms with Crippen molar-refractivity contribution >= 4 is 40.2 Å². The fraction of sp³-hybridized carbons (Fsp3) is 0.286. The first-order valence-corrected chi connectivity index (χ1v) is 10.9. The average Bonchev–Trinajstić information content (AvgIpc) is 3.45. The van der Waals surface area contributed by atoms with Gasteiger partial charge in [0.15, 0.2) is 5.78 Å². The second kappa shape index (κ2) is 7.85. The number of Topliss-reactive ketones (excluding diaryl/α,β-unsaturated/α-hetero) is 1. The summed E-state index contributed by atoms with van der Waals surface area (Å²) in [5, 5.41) is 3.74. The molecule has 0 fully saturated rings. The van der Waals surface area contributed by atoms with Crippen LogP contribution < -0.4 is 0 Å². The summed E-state index contributed by atoms with van der Waals surface area (Å²) >= 11 is 2.80. The Morgan fingerprint density at radius 2 is 1.86 bits per heavy atom. The van der Waals surface area contributed by atoms with Gasteiger partial charge >= 0.3 is 5.97 Å². The molecule has 0 aromatic carbocycles. The minimum Gasteiger partial charge on any atom is -0.462 e. The summed E-state index contributed by atoms with van der Waals surface area (Å²) < 4.78 is 7.12. The van der Waals surface area contributed by atoms with Crippen LogP contribution in [0.15, 0.2) is 41.1 Å².